The van der Waals surface area contributed by atoms with E-state index in [4.69, 9.17) is 17.0 Å². The van der Waals surface area contributed by atoms with Crippen molar-refractivity contribution >= 4 is 41.0 Å². The van der Waals surface area contributed by atoms with Crippen molar-refractivity contribution in [2.45, 2.75) is 19.9 Å². The van der Waals surface area contributed by atoms with Gasteiger partial charge < -0.3 is 9.84 Å². The summed E-state index contributed by atoms with van der Waals surface area (Å²) in [5.74, 6) is -1.19. The van der Waals surface area contributed by atoms with E-state index in [2.05, 4.69) is 4.99 Å². The lowest BCUT2D eigenvalue weighted by Crippen LogP contribution is -2.23. The Bertz CT molecular complexity index is 1050. The largest absolute Gasteiger partial charge is 0.493 e. The van der Waals surface area contributed by atoms with Crippen LogP contribution in [0.3, 0.4) is 0 Å². The SMILES string of the molecule is COC(=O)[C@@H](C)n1c(O)c(C2=c3cc(C)ccc3=NC2=O)sc1=S. The van der Waals surface area contributed by atoms with Gasteiger partial charge in [-0.15, -0.1) is 11.3 Å². The summed E-state index contributed by atoms with van der Waals surface area (Å²) in [7, 11) is 1.26. The summed E-state index contributed by atoms with van der Waals surface area (Å²) in [5, 5.41) is 11.8. The van der Waals surface area contributed by atoms with Crippen molar-refractivity contribution in [3.05, 3.63) is 43.2 Å². The minimum absolute atomic E-state index is 0.226. The van der Waals surface area contributed by atoms with Gasteiger partial charge in [0.1, 0.15) is 10.9 Å². The van der Waals surface area contributed by atoms with Crippen LogP contribution in [0.15, 0.2) is 23.2 Å². The molecule has 0 bridgehead atoms. The second-order valence-electron chi connectivity index (χ2n) is 5.40. The van der Waals surface area contributed by atoms with E-state index in [9.17, 15) is 14.7 Å². The number of amides is 1. The van der Waals surface area contributed by atoms with Gasteiger partial charge >= 0.3 is 5.97 Å². The van der Waals surface area contributed by atoms with Gasteiger partial charge in [-0.05, 0) is 38.2 Å². The van der Waals surface area contributed by atoms with E-state index >= 15 is 0 Å². The van der Waals surface area contributed by atoms with Crippen molar-refractivity contribution in [1.82, 2.24) is 4.57 Å². The molecule has 124 valence electrons. The van der Waals surface area contributed by atoms with Crippen molar-refractivity contribution in [3.8, 4) is 5.88 Å². The standard InChI is InChI=1S/C16H14N2O4S2/c1-7-4-5-10-9(6-7)11(13(19)17-10)12-14(20)18(16(23)24-12)8(2)15(21)22-3/h4-6,8,20H,1-3H3/t8-/m1/s1. The second-order valence-corrected chi connectivity index (χ2v) is 7.05. The first-order valence-electron chi connectivity index (χ1n) is 7.11. The number of hydrogen-bond acceptors (Lipinski definition) is 6. The Labute approximate surface area is 146 Å². The summed E-state index contributed by atoms with van der Waals surface area (Å²) < 4.78 is 6.27. The highest BCUT2D eigenvalue weighted by molar-refractivity contribution is 7.73. The molecule has 0 fully saturated rings. The van der Waals surface area contributed by atoms with E-state index in [1.165, 1.54) is 11.7 Å². The van der Waals surface area contributed by atoms with Crippen LogP contribution < -0.4 is 10.6 Å². The lowest BCUT2D eigenvalue weighted by atomic mass is 10.1. The topological polar surface area (TPSA) is 80.9 Å². The summed E-state index contributed by atoms with van der Waals surface area (Å²) in [6, 6.07) is 4.68. The quantitative estimate of drug-likeness (QED) is 0.659. The number of ether oxygens (including phenoxy) is 1. The molecule has 24 heavy (non-hydrogen) atoms. The molecule has 8 heteroatoms. The fraction of sp³-hybridized carbons (Fsp3) is 0.250. The van der Waals surface area contributed by atoms with Crippen LogP contribution in [0.5, 0.6) is 5.88 Å². The number of methoxy groups -OCH3 is 1. The normalized spacial score (nSPS) is 14.3. The van der Waals surface area contributed by atoms with Gasteiger partial charge in [-0.2, -0.15) is 0 Å². The van der Waals surface area contributed by atoms with Crippen LogP contribution in [0.2, 0.25) is 0 Å². The smallest absolute Gasteiger partial charge is 0.328 e. The van der Waals surface area contributed by atoms with Crippen LogP contribution in [-0.4, -0.2) is 28.7 Å². The van der Waals surface area contributed by atoms with Gasteiger partial charge in [-0.25, -0.2) is 9.79 Å². The molecular weight excluding hydrogens is 348 g/mol. The molecule has 0 saturated carbocycles. The fourth-order valence-corrected chi connectivity index (χ4v) is 4.11. The maximum absolute atomic E-state index is 12.3. The molecule has 1 atom stereocenters. The number of thiazole rings is 1. The highest BCUT2D eigenvalue weighted by Gasteiger charge is 2.28. The van der Waals surface area contributed by atoms with Gasteiger partial charge in [0.05, 0.1) is 18.0 Å². The fourth-order valence-electron chi connectivity index (χ4n) is 2.61. The van der Waals surface area contributed by atoms with E-state index in [0.717, 1.165) is 16.9 Å². The number of aromatic hydroxyl groups is 1. The molecule has 1 aromatic heterocycles. The molecule has 0 spiro atoms. The number of carbonyl (C=O) groups excluding carboxylic acids is 2. The Hall–Kier alpha value is -2.32. The Kier molecular flexibility index (Phi) is 4.10. The highest BCUT2D eigenvalue weighted by Crippen LogP contribution is 2.35. The monoisotopic (exact) mass is 362 g/mol. The number of fused-ring (bicyclic) bond motifs is 1. The average molecular weight is 362 g/mol. The van der Waals surface area contributed by atoms with E-state index in [1.54, 1.807) is 13.0 Å². The third-order valence-electron chi connectivity index (χ3n) is 3.83. The zero-order chi connectivity index (χ0) is 17.6. The molecule has 6 nitrogen and oxygen atoms in total. The zero-order valence-corrected chi connectivity index (χ0v) is 14.8. The van der Waals surface area contributed by atoms with Gasteiger partial charge in [-0.3, -0.25) is 9.36 Å². The minimum Gasteiger partial charge on any atom is -0.493 e. The number of rotatable bonds is 3. The van der Waals surface area contributed by atoms with Gasteiger partial charge in [0, 0.05) is 5.22 Å². The minimum atomic E-state index is -0.793. The van der Waals surface area contributed by atoms with Crippen LogP contribution >= 0.6 is 23.6 Å². The third kappa shape index (κ3) is 2.47. The number of nitrogens with zero attached hydrogens (tertiary/aromatic N) is 2. The Morgan fingerprint density at radius 1 is 1.46 bits per heavy atom. The first-order valence-corrected chi connectivity index (χ1v) is 8.34. The molecule has 0 unspecified atom stereocenters. The predicted octanol–water partition coefficient (Wildman–Crippen LogP) is 1.39. The van der Waals surface area contributed by atoms with E-state index in [-0.39, 0.29) is 9.83 Å². The number of aromatic nitrogens is 1. The number of carbonyl (C=O) groups is 2. The molecule has 1 N–H and O–H groups in total. The number of esters is 1. The number of benzene rings is 1. The molecule has 0 saturated heterocycles. The first-order chi connectivity index (χ1) is 11.3. The van der Waals surface area contributed by atoms with E-state index in [1.807, 2.05) is 19.1 Å². The number of aryl methyl sites for hydroxylation is 1. The van der Waals surface area contributed by atoms with Gasteiger partial charge in [-0.1, -0.05) is 11.6 Å². The molecule has 2 heterocycles. The van der Waals surface area contributed by atoms with Crippen LogP contribution in [0, 0.1) is 10.9 Å². The Morgan fingerprint density at radius 3 is 2.83 bits per heavy atom. The van der Waals surface area contributed by atoms with Crippen molar-refractivity contribution in [2.24, 2.45) is 4.99 Å². The molecule has 3 rings (SSSR count). The Morgan fingerprint density at radius 2 is 2.17 bits per heavy atom. The molecular formula is C16H14N2O4S2. The van der Waals surface area contributed by atoms with Crippen molar-refractivity contribution in [3.63, 3.8) is 0 Å². The van der Waals surface area contributed by atoms with Crippen molar-refractivity contribution < 1.29 is 19.4 Å². The van der Waals surface area contributed by atoms with Gasteiger partial charge in [0.15, 0.2) is 3.95 Å². The molecule has 2 aromatic rings. The van der Waals surface area contributed by atoms with Crippen molar-refractivity contribution in [1.29, 1.82) is 0 Å². The summed E-state index contributed by atoms with van der Waals surface area (Å²) in [4.78, 5) is 28.4. The Balaban J connectivity index is 2.28. The van der Waals surface area contributed by atoms with Crippen LogP contribution in [0.25, 0.3) is 5.57 Å². The highest BCUT2D eigenvalue weighted by atomic mass is 32.1. The maximum Gasteiger partial charge on any atom is 0.328 e. The predicted molar refractivity (Wildman–Crippen MR) is 91.0 cm³/mol. The lowest BCUT2D eigenvalue weighted by molar-refractivity contribution is -0.144. The second kappa shape index (κ2) is 5.95. The molecule has 1 aliphatic heterocycles. The molecule has 1 amide bonds. The lowest BCUT2D eigenvalue weighted by Gasteiger charge is -2.12. The van der Waals surface area contributed by atoms with Crippen LogP contribution in [-0.2, 0) is 14.3 Å². The summed E-state index contributed by atoms with van der Waals surface area (Å²) in [6.45, 7) is 3.48. The van der Waals surface area contributed by atoms with Gasteiger partial charge in [0.2, 0.25) is 5.88 Å². The number of hydrogen-bond donors (Lipinski definition) is 1. The van der Waals surface area contributed by atoms with Gasteiger partial charge in [0.25, 0.3) is 5.91 Å². The molecule has 0 radical (unpaired) electrons. The van der Waals surface area contributed by atoms with E-state index in [0.29, 0.717) is 21.0 Å². The first kappa shape index (κ1) is 16.5. The zero-order valence-electron chi connectivity index (χ0n) is 13.2. The summed E-state index contributed by atoms with van der Waals surface area (Å²) in [6.07, 6.45) is 0. The van der Waals surface area contributed by atoms with E-state index < -0.39 is 17.9 Å². The third-order valence-corrected chi connectivity index (χ3v) is 5.24. The summed E-state index contributed by atoms with van der Waals surface area (Å²) >= 11 is 6.33. The molecule has 1 aliphatic rings. The maximum atomic E-state index is 12.3. The molecule has 1 aromatic carbocycles. The summed E-state index contributed by atoms with van der Waals surface area (Å²) in [5.41, 5.74) is 1.28. The average Bonchev–Trinajstić information content (AvgIpc) is 3.01. The van der Waals surface area contributed by atoms with Crippen LogP contribution in [0.4, 0.5) is 0 Å². The van der Waals surface area contributed by atoms with Crippen molar-refractivity contribution in [2.75, 3.05) is 7.11 Å². The van der Waals surface area contributed by atoms with Crippen LogP contribution in [0.1, 0.15) is 23.4 Å². The molecule has 0 aliphatic carbocycles.